The molecule has 0 aromatic heterocycles. The monoisotopic (exact) mass is 507 g/mol. The maximum absolute atomic E-state index is 13.7. The van der Waals surface area contributed by atoms with Gasteiger partial charge in [-0.3, -0.25) is 9.59 Å². The Kier molecular flexibility index (Phi) is 9.01. The minimum atomic E-state index is -3.89. The zero-order valence-corrected chi connectivity index (χ0v) is 22.0. The number of sulfonamides is 1. The lowest BCUT2D eigenvalue weighted by Gasteiger charge is -2.32. The lowest BCUT2D eigenvalue weighted by molar-refractivity contribution is -0.141. The SMILES string of the molecule is CNC(=O)[C@H](Cc1ccccc1)N(Cc1ccccc1C)C(=O)CN(C)S(=O)(=O)c1ccc(C)cc1. The molecule has 0 saturated heterocycles. The summed E-state index contributed by atoms with van der Waals surface area (Å²) in [5.41, 5.74) is 3.70. The van der Waals surface area contributed by atoms with Gasteiger partial charge in [0.25, 0.3) is 0 Å². The van der Waals surface area contributed by atoms with Crippen LogP contribution in [0.4, 0.5) is 0 Å². The Morgan fingerprint density at radius 2 is 1.50 bits per heavy atom. The smallest absolute Gasteiger partial charge is 0.243 e. The quantitative estimate of drug-likeness (QED) is 0.456. The zero-order chi connectivity index (χ0) is 26.3. The van der Waals surface area contributed by atoms with Gasteiger partial charge in [0.05, 0.1) is 11.4 Å². The largest absolute Gasteiger partial charge is 0.357 e. The van der Waals surface area contributed by atoms with E-state index in [2.05, 4.69) is 5.32 Å². The third-order valence-corrected chi connectivity index (χ3v) is 8.02. The predicted molar refractivity (Wildman–Crippen MR) is 141 cm³/mol. The molecule has 0 aliphatic carbocycles. The number of aryl methyl sites for hydroxylation is 2. The van der Waals surface area contributed by atoms with Crippen LogP contribution in [0.15, 0.2) is 83.8 Å². The Morgan fingerprint density at radius 3 is 2.11 bits per heavy atom. The fourth-order valence-corrected chi connectivity index (χ4v) is 5.07. The molecule has 3 aromatic rings. The van der Waals surface area contributed by atoms with Crippen molar-refractivity contribution >= 4 is 21.8 Å². The van der Waals surface area contributed by atoms with Gasteiger partial charge in [0.15, 0.2) is 0 Å². The van der Waals surface area contributed by atoms with E-state index in [1.54, 1.807) is 12.1 Å². The molecular weight excluding hydrogens is 474 g/mol. The molecule has 0 aliphatic rings. The van der Waals surface area contributed by atoms with E-state index in [1.807, 2.05) is 68.4 Å². The van der Waals surface area contributed by atoms with Crippen LogP contribution >= 0.6 is 0 Å². The summed E-state index contributed by atoms with van der Waals surface area (Å²) in [4.78, 5) is 28.3. The van der Waals surface area contributed by atoms with Crippen LogP contribution in [0.1, 0.15) is 22.3 Å². The van der Waals surface area contributed by atoms with Crippen molar-refractivity contribution in [2.45, 2.75) is 37.8 Å². The number of amides is 2. The molecule has 3 aromatic carbocycles. The number of hydrogen-bond acceptors (Lipinski definition) is 4. The normalized spacial score (nSPS) is 12.2. The van der Waals surface area contributed by atoms with Crippen LogP contribution in [0.3, 0.4) is 0 Å². The van der Waals surface area contributed by atoms with Gasteiger partial charge in [0, 0.05) is 27.1 Å². The van der Waals surface area contributed by atoms with E-state index in [-0.39, 0.29) is 17.3 Å². The Balaban J connectivity index is 1.95. The van der Waals surface area contributed by atoms with Gasteiger partial charge in [-0.15, -0.1) is 0 Å². The third-order valence-electron chi connectivity index (χ3n) is 6.21. The highest BCUT2D eigenvalue weighted by Gasteiger charge is 2.32. The highest BCUT2D eigenvalue weighted by Crippen LogP contribution is 2.19. The highest BCUT2D eigenvalue weighted by atomic mass is 32.2. The first-order valence-corrected chi connectivity index (χ1v) is 13.2. The summed E-state index contributed by atoms with van der Waals surface area (Å²) < 4.78 is 27.3. The van der Waals surface area contributed by atoms with Crippen molar-refractivity contribution in [3.8, 4) is 0 Å². The lowest BCUT2D eigenvalue weighted by atomic mass is 10.0. The fourth-order valence-electron chi connectivity index (χ4n) is 3.95. The standard InChI is InChI=1S/C28H33N3O4S/c1-21-14-16-25(17-15-21)36(34,35)30(4)20-27(32)31(19-24-13-9-8-10-22(24)2)26(28(33)29-3)18-23-11-6-5-7-12-23/h5-17,26H,18-20H2,1-4H3,(H,29,33)/t26-/m0/s1. The van der Waals surface area contributed by atoms with Crippen LogP contribution in [0.2, 0.25) is 0 Å². The molecule has 2 amide bonds. The molecule has 0 bridgehead atoms. The first kappa shape index (κ1) is 27.1. The van der Waals surface area contributed by atoms with Crippen LogP contribution in [-0.4, -0.2) is 56.1 Å². The van der Waals surface area contributed by atoms with Gasteiger partial charge in [-0.1, -0.05) is 72.3 Å². The second-order valence-electron chi connectivity index (χ2n) is 8.84. The Morgan fingerprint density at radius 1 is 0.889 bits per heavy atom. The average Bonchev–Trinajstić information content (AvgIpc) is 2.87. The number of rotatable bonds is 10. The number of nitrogens with one attached hydrogen (secondary N) is 1. The predicted octanol–water partition coefficient (Wildman–Crippen LogP) is 3.31. The first-order chi connectivity index (χ1) is 17.1. The van der Waals surface area contributed by atoms with Crippen molar-refractivity contribution in [2.75, 3.05) is 20.6 Å². The number of hydrogen-bond donors (Lipinski definition) is 1. The fraction of sp³-hybridized carbons (Fsp3) is 0.286. The number of carbonyl (C=O) groups is 2. The second-order valence-corrected chi connectivity index (χ2v) is 10.9. The maximum atomic E-state index is 13.7. The molecule has 0 aliphatic heterocycles. The number of nitrogens with zero attached hydrogens (tertiary/aromatic N) is 2. The third kappa shape index (κ3) is 6.59. The summed E-state index contributed by atoms with van der Waals surface area (Å²) in [6.07, 6.45) is 0.298. The molecule has 0 saturated carbocycles. The van der Waals surface area contributed by atoms with Gasteiger partial charge in [0.1, 0.15) is 6.04 Å². The summed E-state index contributed by atoms with van der Waals surface area (Å²) in [7, 11) is -0.978. The van der Waals surface area contributed by atoms with Gasteiger partial charge >= 0.3 is 0 Å². The molecule has 0 spiro atoms. The average molecular weight is 508 g/mol. The molecule has 190 valence electrons. The van der Waals surface area contributed by atoms with Gasteiger partial charge in [0.2, 0.25) is 21.8 Å². The van der Waals surface area contributed by atoms with Crippen molar-refractivity contribution in [2.24, 2.45) is 0 Å². The minimum Gasteiger partial charge on any atom is -0.357 e. The van der Waals surface area contributed by atoms with Crippen LogP contribution in [-0.2, 0) is 32.6 Å². The molecular formula is C28H33N3O4S. The van der Waals surface area contributed by atoms with E-state index >= 15 is 0 Å². The van der Waals surface area contributed by atoms with Crippen LogP contribution < -0.4 is 5.32 Å². The molecule has 8 heteroatoms. The van der Waals surface area contributed by atoms with Crippen LogP contribution in [0.25, 0.3) is 0 Å². The maximum Gasteiger partial charge on any atom is 0.243 e. The molecule has 0 radical (unpaired) electrons. The molecule has 1 N–H and O–H groups in total. The van der Waals surface area contributed by atoms with Crippen molar-refractivity contribution in [1.82, 2.24) is 14.5 Å². The topological polar surface area (TPSA) is 86.8 Å². The summed E-state index contributed by atoms with van der Waals surface area (Å²) in [5, 5.41) is 2.67. The Hall–Kier alpha value is -3.49. The number of benzene rings is 3. The summed E-state index contributed by atoms with van der Waals surface area (Å²) in [5.74, 6) is -0.772. The number of carbonyl (C=O) groups excluding carboxylic acids is 2. The van der Waals surface area contributed by atoms with Gasteiger partial charge in [-0.05, 0) is 42.7 Å². The molecule has 0 unspecified atom stereocenters. The number of likely N-dealkylation sites (N-methyl/N-ethyl adjacent to an activating group) is 2. The first-order valence-electron chi connectivity index (χ1n) is 11.8. The molecule has 0 fully saturated rings. The minimum absolute atomic E-state index is 0.112. The Labute approximate surface area is 213 Å². The van der Waals surface area contributed by atoms with Crippen molar-refractivity contribution < 1.29 is 18.0 Å². The van der Waals surface area contributed by atoms with Crippen LogP contribution in [0.5, 0.6) is 0 Å². The molecule has 36 heavy (non-hydrogen) atoms. The summed E-state index contributed by atoms with van der Waals surface area (Å²) in [6, 6.07) is 22.8. The molecule has 3 rings (SSSR count). The van der Waals surface area contributed by atoms with Crippen molar-refractivity contribution in [3.63, 3.8) is 0 Å². The molecule has 0 heterocycles. The van der Waals surface area contributed by atoms with E-state index in [1.165, 1.54) is 31.1 Å². The van der Waals surface area contributed by atoms with Gasteiger partial charge < -0.3 is 10.2 Å². The zero-order valence-electron chi connectivity index (χ0n) is 21.1. The second kappa shape index (κ2) is 12.0. The Bertz CT molecular complexity index is 1290. The highest BCUT2D eigenvalue weighted by molar-refractivity contribution is 7.89. The summed E-state index contributed by atoms with van der Waals surface area (Å²) in [6.45, 7) is 3.59. The van der Waals surface area contributed by atoms with Crippen LogP contribution in [0, 0.1) is 13.8 Å². The van der Waals surface area contributed by atoms with E-state index < -0.39 is 28.5 Å². The van der Waals surface area contributed by atoms with Gasteiger partial charge in [-0.2, -0.15) is 4.31 Å². The van der Waals surface area contributed by atoms with Gasteiger partial charge in [-0.25, -0.2) is 8.42 Å². The van der Waals surface area contributed by atoms with Crippen molar-refractivity contribution in [3.05, 3.63) is 101 Å². The molecule has 1 atom stereocenters. The lowest BCUT2D eigenvalue weighted by Crippen LogP contribution is -2.52. The van der Waals surface area contributed by atoms with E-state index in [4.69, 9.17) is 0 Å². The van der Waals surface area contributed by atoms with E-state index in [0.29, 0.717) is 6.42 Å². The van der Waals surface area contributed by atoms with E-state index in [9.17, 15) is 18.0 Å². The molecule has 7 nitrogen and oxygen atoms in total. The summed E-state index contributed by atoms with van der Waals surface area (Å²) >= 11 is 0. The van der Waals surface area contributed by atoms with E-state index in [0.717, 1.165) is 26.6 Å². The van der Waals surface area contributed by atoms with Crippen molar-refractivity contribution in [1.29, 1.82) is 0 Å².